The van der Waals surface area contributed by atoms with Gasteiger partial charge < -0.3 is 20.1 Å². The molecule has 0 saturated heterocycles. The maximum atomic E-state index is 13.8. The number of hydrogen-bond acceptors (Lipinski definition) is 8. The Labute approximate surface area is 262 Å². The summed E-state index contributed by atoms with van der Waals surface area (Å²) in [5.41, 5.74) is 6.72. The molecule has 45 heavy (non-hydrogen) atoms. The molecule has 0 spiro atoms. The summed E-state index contributed by atoms with van der Waals surface area (Å²) in [5.74, 6) is 0.328. The molecule has 3 aromatic carbocycles. The van der Waals surface area contributed by atoms with Gasteiger partial charge in [-0.1, -0.05) is 42.5 Å². The number of nitrogens with zero attached hydrogens (tertiary/aromatic N) is 4. The highest BCUT2D eigenvalue weighted by Gasteiger charge is 2.24. The van der Waals surface area contributed by atoms with E-state index in [0.29, 0.717) is 33.5 Å². The van der Waals surface area contributed by atoms with Crippen molar-refractivity contribution in [3.05, 3.63) is 101 Å². The second kappa shape index (κ2) is 12.4. The maximum Gasteiger partial charge on any atom is 0.253 e. The zero-order valence-electron chi connectivity index (χ0n) is 25.4. The molecule has 0 radical (unpaired) electrons. The number of methoxy groups -OCH3 is 1. The van der Waals surface area contributed by atoms with Gasteiger partial charge in [0, 0.05) is 48.6 Å². The Bertz CT molecular complexity index is 1960. The molecule has 0 bridgehead atoms. The van der Waals surface area contributed by atoms with Gasteiger partial charge >= 0.3 is 0 Å². The molecular weight excluding hydrogens is 590 g/mol. The topological polar surface area (TPSA) is 127 Å². The average Bonchev–Trinajstić information content (AvgIpc) is 3.44. The Kier molecular flexibility index (Phi) is 8.41. The van der Waals surface area contributed by atoms with Crippen LogP contribution in [0.1, 0.15) is 34.0 Å². The molecule has 1 atom stereocenters. The van der Waals surface area contributed by atoms with Gasteiger partial charge in [0.25, 0.3) is 5.91 Å². The van der Waals surface area contributed by atoms with E-state index in [2.05, 4.69) is 16.4 Å². The van der Waals surface area contributed by atoms with E-state index in [1.165, 1.54) is 14.4 Å². The molecule has 0 fully saturated rings. The van der Waals surface area contributed by atoms with Gasteiger partial charge in [-0.05, 0) is 60.8 Å². The van der Waals surface area contributed by atoms with Crippen LogP contribution in [0, 0.1) is 0 Å². The summed E-state index contributed by atoms with van der Waals surface area (Å²) in [4.78, 5) is 24.0. The Morgan fingerprint density at radius 1 is 1.11 bits per heavy atom. The fourth-order valence-corrected chi connectivity index (χ4v) is 7.18. The van der Waals surface area contributed by atoms with Gasteiger partial charge in [0.15, 0.2) is 5.65 Å². The van der Waals surface area contributed by atoms with Crippen LogP contribution in [0.4, 0.5) is 0 Å². The lowest BCUT2D eigenvalue weighted by molar-refractivity contribution is 0.0703. The molecule has 0 saturated carbocycles. The third-order valence-electron chi connectivity index (χ3n) is 7.97. The van der Waals surface area contributed by atoms with Crippen LogP contribution in [-0.2, 0) is 28.7 Å². The van der Waals surface area contributed by atoms with Crippen LogP contribution in [0.3, 0.4) is 0 Å². The normalized spacial score (nSPS) is 13.8. The number of hydrogen-bond donors (Lipinski definition) is 2. The van der Waals surface area contributed by atoms with Crippen molar-refractivity contribution in [1.29, 1.82) is 0 Å². The third-order valence-corrected chi connectivity index (χ3v) is 9.55. The monoisotopic (exact) mass is 625 g/mol. The first kappa shape index (κ1) is 30.4. The molecule has 1 aliphatic heterocycles. The summed E-state index contributed by atoms with van der Waals surface area (Å²) < 4.78 is 34.5. The number of amides is 1. The molecule has 6 rings (SSSR count). The zero-order chi connectivity index (χ0) is 31.7. The van der Waals surface area contributed by atoms with E-state index in [9.17, 15) is 18.3 Å². The number of ether oxygens (including phenoxy) is 1. The molecule has 10 nitrogen and oxygen atoms in total. The van der Waals surface area contributed by atoms with Crippen LogP contribution < -0.4 is 10.1 Å². The molecule has 232 valence electrons. The van der Waals surface area contributed by atoms with Gasteiger partial charge in [-0.3, -0.25) is 4.79 Å². The molecule has 0 unspecified atom stereocenters. The van der Waals surface area contributed by atoms with Crippen LogP contribution in [-0.4, -0.2) is 71.6 Å². The fraction of sp³-hybridized carbons (Fsp3) is 0.265. The zero-order valence-corrected chi connectivity index (χ0v) is 26.2. The van der Waals surface area contributed by atoms with Crippen LogP contribution in [0.15, 0.2) is 79.1 Å². The highest BCUT2D eigenvalue weighted by atomic mass is 32.2. The number of nitrogens with one attached hydrogen (secondary N) is 1. The summed E-state index contributed by atoms with van der Waals surface area (Å²) in [6.07, 6.45) is 3.36. The van der Waals surface area contributed by atoms with Crippen molar-refractivity contribution < 1.29 is 23.1 Å². The smallest absolute Gasteiger partial charge is 0.253 e. The maximum absolute atomic E-state index is 13.8. The lowest BCUT2D eigenvalue weighted by atomic mass is 9.96. The van der Waals surface area contributed by atoms with Crippen molar-refractivity contribution in [1.82, 2.24) is 24.2 Å². The van der Waals surface area contributed by atoms with E-state index in [0.717, 1.165) is 36.4 Å². The summed E-state index contributed by atoms with van der Waals surface area (Å²) in [7, 11) is -0.584. The predicted octanol–water partition coefficient (Wildman–Crippen LogP) is 4.25. The largest absolute Gasteiger partial charge is 0.496 e. The first-order valence-corrected chi connectivity index (χ1v) is 16.4. The minimum atomic E-state index is -3.87. The molecule has 2 N–H and O–H groups in total. The van der Waals surface area contributed by atoms with Crippen molar-refractivity contribution in [3.63, 3.8) is 0 Å². The van der Waals surface area contributed by atoms with E-state index in [1.54, 1.807) is 82.0 Å². The van der Waals surface area contributed by atoms with Crippen LogP contribution in [0.5, 0.6) is 5.75 Å². The summed E-state index contributed by atoms with van der Waals surface area (Å²) in [5, 5.41) is 13.1. The number of fused-ring (bicyclic) bond motifs is 2. The van der Waals surface area contributed by atoms with E-state index in [1.807, 2.05) is 12.1 Å². The molecule has 3 heterocycles. The molecule has 2 aromatic heterocycles. The highest BCUT2D eigenvalue weighted by Crippen LogP contribution is 2.35. The molecule has 1 amide bonds. The lowest BCUT2D eigenvalue weighted by Gasteiger charge is -2.21. The van der Waals surface area contributed by atoms with Gasteiger partial charge in [0.1, 0.15) is 11.3 Å². The molecular formula is C34H35N5O5S. The molecule has 1 aliphatic rings. The minimum absolute atomic E-state index is 0.204. The standard InChI is InChI=1S/C34H35N5O5S/c1-22(40)19-38(2)34(41)25-11-9-24(10-12-25)29-20-39(45(42,43)21-23-7-5-4-6-8-23)33-32(29)37-30(18-36-33)27-15-26-13-14-35-17-28(26)31(16-27)44-3/h4-12,15-16,18,20,22,35,40H,13-14,17,19,21H2,1-3H3/t22-/m1/s1. The van der Waals surface area contributed by atoms with Crippen LogP contribution >= 0.6 is 0 Å². The predicted molar refractivity (Wildman–Crippen MR) is 173 cm³/mol. The van der Waals surface area contributed by atoms with Gasteiger partial charge in [-0.15, -0.1) is 0 Å². The summed E-state index contributed by atoms with van der Waals surface area (Å²) >= 11 is 0. The Morgan fingerprint density at radius 2 is 1.87 bits per heavy atom. The number of aliphatic hydroxyl groups excluding tert-OH is 1. The van der Waals surface area contributed by atoms with Gasteiger partial charge in [-0.25, -0.2) is 22.4 Å². The van der Waals surface area contributed by atoms with Gasteiger partial charge in [-0.2, -0.15) is 0 Å². The first-order chi connectivity index (χ1) is 21.6. The van der Waals surface area contributed by atoms with E-state index < -0.39 is 16.1 Å². The number of rotatable bonds is 9. The summed E-state index contributed by atoms with van der Waals surface area (Å²) in [6.45, 7) is 3.42. The van der Waals surface area contributed by atoms with Crippen molar-refractivity contribution in [3.8, 4) is 28.1 Å². The highest BCUT2D eigenvalue weighted by molar-refractivity contribution is 7.89. The Hall–Kier alpha value is -4.58. The quantitative estimate of drug-likeness (QED) is 0.249. The van der Waals surface area contributed by atoms with Gasteiger partial charge in [0.2, 0.25) is 10.0 Å². The molecule has 0 aliphatic carbocycles. The first-order valence-electron chi connectivity index (χ1n) is 14.7. The van der Waals surface area contributed by atoms with E-state index >= 15 is 0 Å². The van der Waals surface area contributed by atoms with Crippen molar-refractivity contribution in [2.24, 2.45) is 0 Å². The van der Waals surface area contributed by atoms with Crippen molar-refractivity contribution in [2.45, 2.75) is 31.7 Å². The van der Waals surface area contributed by atoms with E-state index in [4.69, 9.17) is 9.72 Å². The number of carbonyl (C=O) groups is 1. The van der Waals surface area contributed by atoms with Crippen molar-refractivity contribution in [2.75, 3.05) is 27.2 Å². The number of benzene rings is 3. The summed E-state index contributed by atoms with van der Waals surface area (Å²) in [6, 6.07) is 20.0. The fourth-order valence-electron chi connectivity index (χ4n) is 5.77. The van der Waals surface area contributed by atoms with Gasteiger partial charge in [0.05, 0.1) is 30.9 Å². The Balaban J connectivity index is 1.47. The number of aromatic nitrogens is 3. The van der Waals surface area contributed by atoms with Crippen LogP contribution in [0.25, 0.3) is 33.5 Å². The second-order valence-corrected chi connectivity index (χ2v) is 13.2. The van der Waals surface area contributed by atoms with Crippen LogP contribution in [0.2, 0.25) is 0 Å². The lowest BCUT2D eigenvalue weighted by Crippen LogP contribution is -2.32. The number of likely N-dealkylation sites (N-methyl/N-ethyl adjacent to an activating group) is 1. The minimum Gasteiger partial charge on any atom is -0.496 e. The van der Waals surface area contributed by atoms with Crippen molar-refractivity contribution >= 4 is 27.1 Å². The second-order valence-electron chi connectivity index (χ2n) is 11.4. The number of carbonyl (C=O) groups excluding carboxylic acids is 1. The molecule has 5 aromatic rings. The Morgan fingerprint density at radius 3 is 2.58 bits per heavy atom. The SMILES string of the molecule is COc1cc(-c2cnc3c(n2)c(-c2ccc(C(=O)N(C)C[C@@H](C)O)cc2)cn3S(=O)(=O)Cc2ccccc2)cc2c1CNCC2. The number of aliphatic hydroxyl groups is 1. The molecule has 11 heteroatoms. The average molecular weight is 626 g/mol. The third kappa shape index (κ3) is 6.19. The van der Waals surface area contributed by atoms with E-state index in [-0.39, 0.29) is 23.9 Å².